The van der Waals surface area contributed by atoms with Gasteiger partial charge in [-0.25, -0.2) is 9.13 Å². The molecular weight excluding hydrogens is 1260 g/mol. The van der Waals surface area contributed by atoms with Crippen LogP contribution < -0.4 is 0 Å². The molecule has 0 aliphatic heterocycles. The number of rotatable bonds is 69. The molecule has 17 nitrogen and oxygen atoms in total. The van der Waals surface area contributed by atoms with Crippen molar-refractivity contribution in [3.63, 3.8) is 0 Å². The van der Waals surface area contributed by atoms with E-state index in [1.165, 1.54) is 89.9 Å². The lowest BCUT2D eigenvalue weighted by atomic mass is 10.0. The average Bonchev–Trinajstić information content (AvgIpc) is 1.13. The summed E-state index contributed by atoms with van der Waals surface area (Å²) in [5.41, 5.74) is 0. The molecule has 5 unspecified atom stereocenters. The predicted octanol–water partition coefficient (Wildman–Crippen LogP) is 21.0. The van der Waals surface area contributed by atoms with Gasteiger partial charge in [-0.2, -0.15) is 0 Å². The molecule has 0 rings (SSSR count). The minimum atomic E-state index is -4.98. The topological polar surface area (TPSA) is 237 Å². The van der Waals surface area contributed by atoms with Gasteiger partial charge in [0.25, 0.3) is 0 Å². The number of aliphatic hydroxyl groups is 1. The summed E-state index contributed by atoms with van der Waals surface area (Å²) in [6.07, 6.45) is 72.5. The number of unbranched alkanes of at least 4 members (excludes halogenated alkanes) is 25. The van der Waals surface area contributed by atoms with Crippen molar-refractivity contribution in [3.05, 3.63) is 109 Å². The third kappa shape index (κ3) is 68.3. The summed E-state index contributed by atoms with van der Waals surface area (Å²) < 4.78 is 68.3. The van der Waals surface area contributed by atoms with E-state index in [9.17, 15) is 43.2 Å². The Kier molecular flexibility index (Phi) is 66.1. The Hall–Kier alpha value is -4.28. The second-order valence-electron chi connectivity index (χ2n) is 24.5. The van der Waals surface area contributed by atoms with Gasteiger partial charge in [-0.05, 0) is 103 Å². The molecule has 552 valence electrons. The summed E-state index contributed by atoms with van der Waals surface area (Å²) in [6, 6.07) is 0. The van der Waals surface area contributed by atoms with Gasteiger partial charge in [0.05, 0.1) is 26.4 Å². The molecule has 0 saturated carbocycles. The SMILES string of the molecule is CC/C=C\C/C=C\C/C=C\C/C=C\C/C=C\CCCC(=O)OCC(COP(=O)(O)OCC(O)COP(=O)(O)OCC(COC(=O)CCCC/C=C\C/C=C\C/C=C\C/C=C\CC)OC(=O)CCCCCCCCCCCCCCC)OC(=O)CCCCCCCCCCCCC. The molecule has 96 heavy (non-hydrogen) atoms. The van der Waals surface area contributed by atoms with E-state index in [-0.39, 0.29) is 25.7 Å². The zero-order chi connectivity index (χ0) is 70.4. The maximum Gasteiger partial charge on any atom is 0.472 e. The van der Waals surface area contributed by atoms with Crippen LogP contribution in [0.4, 0.5) is 0 Å². The smallest absolute Gasteiger partial charge is 0.462 e. The van der Waals surface area contributed by atoms with Gasteiger partial charge < -0.3 is 33.8 Å². The minimum absolute atomic E-state index is 0.0833. The molecule has 0 aliphatic rings. The summed E-state index contributed by atoms with van der Waals surface area (Å²) in [7, 11) is -9.96. The van der Waals surface area contributed by atoms with Gasteiger partial charge in [0.2, 0.25) is 0 Å². The monoisotopic (exact) mass is 1390 g/mol. The molecular formula is C77H132O17P2. The quantitative estimate of drug-likeness (QED) is 0.0169. The highest BCUT2D eigenvalue weighted by molar-refractivity contribution is 7.47. The molecule has 0 aliphatic carbocycles. The van der Waals surface area contributed by atoms with Crippen LogP contribution in [0, 0.1) is 0 Å². The Balaban J connectivity index is 5.38. The number of phosphoric ester groups is 2. The van der Waals surface area contributed by atoms with Gasteiger partial charge in [-0.3, -0.25) is 37.3 Å². The first-order chi connectivity index (χ1) is 46.7. The third-order valence-corrected chi connectivity index (χ3v) is 17.2. The van der Waals surface area contributed by atoms with Crippen molar-refractivity contribution in [2.24, 2.45) is 0 Å². The minimum Gasteiger partial charge on any atom is -0.462 e. The maximum absolute atomic E-state index is 13.0. The van der Waals surface area contributed by atoms with E-state index >= 15 is 0 Å². The molecule has 5 atom stereocenters. The zero-order valence-electron chi connectivity index (χ0n) is 60.0. The Labute approximate surface area is 581 Å². The Morgan fingerprint density at radius 3 is 0.875 bits per heavy atom. The van der Waals surface area contributed by atoms with Gasteiger partial charge >= 0.3 is 39.5 Å². The van der Waals surface area contributed by atoms with E-state index < -0.39 is 97.5 Å². The van der Waals surface area contributed by atoms with Crippen LogP contribution in [-0.2, 0) is 65.4 Å². The number of esters is 4. The molecule has 0 saturated heterocycles. The summed E-state index contributed by atoms with van der Waals surface area (Å²) in [4.78, 5) is 72.7. The van der Waals surface area contributed by atoms with Crippen molar-refractivity contribution < 1.29 is 80.2 Å². The highest BCUT2D eigenvalue weighted by Crippen LogP contribution is 2.45. The highest BCUT2D eigenvalue weighted by atomic mass is 31.2. The lowest BCUT2D eigenvalue weighted by Crippen LogP contribution is -2.30. The number of carbonyl (C=O) groups is 4. The molecule has 0 spiro atoms. The van der Waals surface area contributed by atoms with E-state index in [2.05, 4.69) is 125 Å². The normalized spacial score (nSPS) is 14.6. The van der Waals surface area contributed by atoms with Crippen LogP contribution in [0.1, 0.15) is 297 Å². The van der Waals surface area contributed by atoms with Crippen LogP contribution in [-0.4, -0.2) is 96.7 Å². The van der Waals surface area contributed by atoms with Crippen LogP contribution in [0.5, 0.6) is 0 Å². The molecule has 3 N–H and O–H groups in total. The van der Waals surface area contributed by atoms with E-state index in [1.54, 1.807) is 0 Å². The van der Waals surface area contributed by atoms with E-state index in [4.69, 9.17) is 37.0 Å². The Morgan fingerprint density at radius 1 is 0.302 bits per heavy atom. The van der Waals surface area contributed by atoms with Crippen LogP contribution in [0.25, 0.3) is 0 Å². The van der Waals surface area contributed by atoms with Crippen LogP contribution in [0.2, 0.25) is 0 Å². The second-order valence-corrected chi connectivity index (χ2v) is 27.4. The fourth-order valence-corrected chi connectivity index (χ4v) is 11.2. The highest BCUT2D eigenvalue weighted by Gasteiger charge is 2.30. The van der Waals surface area contributed by atoms with Crippen molar-refractivity contribution in [3.8, 4) is 0 Å². The number of phosphoric acid groups is 2. The number of carbonyl (C=O) groups excluding carboxylic acids is 4. The zero-order valence-corrected chi connectivity index (χ0v) is 61.8. The summed E-state index contributed by atoms with van der Waals surface area (Å²) >= 11 is 0. The average molecular weight is 1390 g/mol. The van der Waals surface area contributed by atoms with E-state index in [0.29, 0.717) is 32.1 Å². The number of allylic oxidation sites excluding steroid dienone is 18. The van der Waals surface area contributed by atoms with Crippen molar-refractivity contribution in [1.29, 1.82) is 0 Å². The summed E-state index contributed by atoms with van der Waals surface area (Å²) in [6.45, 7) is 4.53. The Bertz CT molecular complexity index is 2250. The van der Waals surface area contributed by atoms with Crippen LogP contribution >= 0.6 is 15.6 Å². The molecule has 0 aromatic carbocycles. The van der Waals surface area contributed by atoms with Gasteiger partial charge in [0.15, 0.2) is 12.2 Å². The standard InChI is InChI=1S/C77H132O17P2/c1-5-9-13-17-21-25-29-32-34-35-37-40-43-46-50-54-58-62-75(80)87-67-72(93-76(81)63-59-55-51-47-41-28-24-20-16-12-8-4)69-91-95(83,84)89-65-71(78)66-90-96(85,86)92-70-73(94-77(82)64-60-56-52-48-44-38-31-27-23-19-15-11-7-3)68-88-74(79)61-57-53-49-45-42-39-36-33-30-26-22-18-14-10-6-2/h9-10,13-14,21-22,25-26,32-34,36-37,40,42,45-46,50,71-73,78H,5-8,11-12,15-20,23-24,27-31,35,38-39,41,43-44,47-49,51-70H2,1-4H3,(H,83,84)(H,85,86)/b13-9-,14-10-,25-21-,26-22-,34-32-,36-33-,40-37-,45-42-,50-46-. The van der Waals surface area contributed by atoms with Gasteiger partial charge in [-0.15, -0.1) is 0 Å². The molecule has 0 aromatic heterocycles. The first-order valence-electron chi connectivity index (χ1n) is 37.1. The molecule has 0 radical (unpaired) electrons. The van der Waals surface area contributed by atoms with Gasteiger partial charge in [0, 0.05) is 25.7 Å². The first-order valence-corrected chi connectivity index (χ1v) is 40.1. The largest absolute Gasteiger partial charge is 0.472 e. The fourth-order valence-electron chi connectivity index (χ4n) is 9.66. The molecule has 0 amide bonds. The maximum atomic E-state index is 13.0. The summed E-state index contributed by atoms with van der Waals surface area (Å²) in [5.74, 6) is -2.28. The predicted molar refractivity (Wildman–Crippen MR) is 390 cm³/mol. The summed E-state index contributed by atoms with van der Waals surface area (Å²) in [5, 5.41) is 10.6. The van der Waals surface area contributed by atoms with Crippen LogP contribution in [0.3, 0.4) is 0 Å². The lowest BCUT2D eigenvalue weighted by Gasteiger charge is -2.21. The van der Waals surface area contributed by atoms with Crippen molar-refractivity contribution in [2.45, 2.75) is 316 Å². The van der Waals surface area contributed by atoms with E-state index in [0.717, 1.165) is 122 Å². The molecule has 19 heteroatoms. The number of ether oxygens (including phenoxy) is 4. The van der Waals surface area contributed by atoms with Gasteiger partial charge in [-0.1, -0.05) is 278 Å². The van der Waals surface area contributed by atoms with Crippen molar-refractivity contribution in [2.75, 3.05) is 39.6 Å². The number of hydrogen-bond donors (Lipinski definition) is 3. The third-order valence-electron chi connectivity index (χ3n) is 15.3. The van der Waals surface area contributed by atoms with E-state index in [1.807, 2.05) is 12.2 Å². The van der Waals surface area contributed by atoms with Gasteiger partial charge in [0.1, 0.15) is 19.3 Å². The van der Waals surface area contributed by atoms with Crippen molar-refractivity contribution in [1.82, 2.24) is 0 Å². The molecule has 0 bridgehead atoms. The molecule has 0 heterocycles. The number of hydrogen-bond acceptors (Lipinski definition) is 15. The second kappa shape index (κ2) is 69.2. The Morgan fingerprint density at radius 2 is 0.552 bits per heavy atom. The molecule has 0 aromatic rings. The molecule has 0 fully saturated rings. The van der Waals surface area contributed by atoms with Crippen LogP contribution in [0.15, 0.2) is 109 Å². The number of aliphatic hydroxyl groups excluding tert-OH is 1. The first kappa shape index (κ1) is 91.7. The van der Waals surface area contributed by atoms with Crippen molar-refractivity contribution >= 4 is 39.5 Å². The lowest BCUT2D eigenvalue weighted by molar-refractivity contribution is -0.161. The fraction of sp³-hybridized carbons (Fsp3) is 0.714.